The van der Waals surface area contributed by atoms with Crippen LogP contribution >= 0.6 is 11.6 Å². The number of hydrogen-bond donors (Lipinski definition) is 1. The van der Waals surface area contributed by atoms with Crippen LogP contribution in [0, 0.1) is 0 Å². The normalized spacial score (nSPS) is 11.4. The van der Waals surface area contributed by atoms with Crippen LogP contribution in [0.25, 0.3) is 6.08 Å². The second kappa shape index (κ2) is 4.82. The van der Waals surface area contributed by atoms with Crippen LogP contribution in [-0.2, 0) is 4.79 Å². The third-order valence-corrected chi connectivity index (χ3v) is 2.23. The molecule has 0 saturated heterocycles. The first-order chi connectivity index (χ1) is 6.65. The fourth-order valence-corrected chi connectivity index (χ4v) is 1.29. The Labute approximate surface area is 87.8 Å². The average molecular weight is 211 g/mol. The van der Waals surface area contributed by atoms with Crippen molar-refractivity contribution in [3.63, 3.8) is 0 Å². The molecule has 1 aromatic carbocycles. The van der Waals surface area contributed by atoms with Gasteiger partial charge >= 0.3 is 5.97 Å². The highest BCUT2D eigenvalue weighted by Crippen LogP contribution is 2.19. The van der Waals surface area contributed by atoms with E-state index in [0.717, 1.165) is 5.56 Å². The van der Waals surface area contributed by atoms with Crippen molar-refractivity contribution >= 4 is 23.6 Å². The van der Waals surface area contributed by atoms with E-state index in [9.17, 15) is 4.79 Å². The first-order valence-corrected chi connectivity index (χ1v) is 4.71. The van der Waals surface area contributed by atoms with E-state index in [1.165, 1.54) is 0 Å². The Morgan fingerprint density at radius 3 is 2.64 bits per heavy atom. The van der Waals surface area contributed by atoms with Crippen LogP contribution in [0.4, 0.5) is 0 Å². The lowest BCUT2D eigenvalue weighted by Crippen LogP contribution is -1.98. The van der Waals surface area contributed by atoms with Gasteiger partial charge in [-0.25, -0.2) is 4.79 Å². The first kappa shape index (κ1) is 10.8. The lowest BCUT2D eigenvalue weighted by molar-refractivity contribution is -0.132. The minimum atomic E-state index is -0.896. The molecule has 0 spiro atoms. The molecular formula is C11H11ClO2. The van der Waals surface area contributed by atoms with E-state index in [4.69, 9.17) is 16.7 Å². The number of carboxylic acid groups (broad SMARTS) is 1. The predicted octanol–water partition coefficient (Wildman–Crippen LogP) is 3.22. The van der Waals surface area contributed by atoms with Crippen molar-refractivity contribution in [2.24, 2.45) is 0 Å². The van der Waals surface area contributed by atoms with Gasteiger partial charge in [0.1, 0.15) is 0 Å². The van der Waals surface area contributed by atoms with Crippen LogP contribution in [0.2, 0.25) is 5.02 Å². The molecule has 0 heterocycles. The smallest absolute Gasteiger partial charge is 0.331 e. The zero-order chi connectivity index (χ0) is 10.6. The van der Waals surface area contributed by atoms with Crippen molar-refractivity contribution in [3.05, 3.63) is 40.4 Å². The molecule has 0 unspecified atom stereocenters. The second-order valence-corrected chi connectivity index (χ2v) is 3.26. The molecule has 0 aliphatic carbocycles. The molecule has 0 aromatic heterocycles. The lowest BCUT2D eigenvalue weighted by atomic mass is 10.1. The summed E-state index contributed by atoms with van der Waals surface area (Å²) in [6, 6.07) is 7.17. The van der Waals surface area contributed by atoms with Gasteiger partial charge in [-0.3, -0.25) is 0 Å². The number of hydrogen-bond acceptors (Lipinski definition) is 1. The largest absolute Gasteiger partial charge is 0.478 e. The summed E-state index contributed by atoms with van der Waals surface area (Å²) in [6.07, 6.45) is 2.09. The molecule has 1 N–H and O–H groups in total. The maximum atomic E-state index is 10.7. The minimum absolute atomic E-state index is 0.359. The van der Waals surface area contributed by atoms with Gasteiger partial charge in [0, 0.05) is 10.6 Å². The Morgan fingerprint density at radius 2 is 2.14 bits per heavy atom. The van der Waals surface area contributed by atoms with E-state index >= 15 is 0 Å². The highest BCUT2D eigenvalue weighted by atomic mass is 35.5. The van der Waals surface area contributed by atoms with E-state index in [0.29, 0.717) is 17.0 Å². The van der Waals surface area contributed by atoms with Gasteiger partial charge < -0.3 is 5.11 Å². The molecule has 0 fully saturated rings. The molecule has 0 bridgehead atoms. The van der Waals surface area contributed by atoms with E-state index in [2.05, 4.69) is 0 Å². The summed E-state index contributed by atoms with van der Waals surface area (Å²) >= 11 is 5.89. The van der Waals surface area contributed by atoms with Crippen molar-refractivity contribution in [1.82, 2.24) is 0 Å². The maximum absolute atomic E-state index is 10.7. The number of aliphatic carboxylic acids is 1. The number of carbonyl (C=O) groups is 1. The van der Waals surface area contributed by atoms with Crippen LogP contribution in [-0.4, -0.2) is 11.1 Å². The Bertz CT molecular complexity index is 369. The Hall–Kier alpha value is -1.28. The molecule has 0 aliphatic rings. The minimum Gasteiger partial charge on any atom is -0.478 e. The fraction of sp³-hybridized carbons (Fsp3) is 0.182. The van der Waals surface area contributed by atoms with Crippen LogP contribution in [0.3, 0.4) is 0 Å². The summed E-state index contributed by atoms with van der Waals surface area (Å²) in [5, 5.41) is 9.38. The Kier molecular flexibility index (Phi) is 3.72. The van der Waals surface area contributed by atoms with E-state index < -0.39 is 5.97 Å². The quantitative estimate of drug-likeness (QED) is 0.778. The van der Waals surface area contributed by atoms with Gasteiger partial charge in [0.2, 0.25) is 0 Å². The van der Waals surface area contributed by atoms with E-state index in [1.807, 2.05) is 12.1 Å². The Morgan fingerprint density at radius 1 is 1.50 bits per heavy atom. The fourth-order valence-electron chi connectivity index (χ4n) is 1.09. The standard InChI is InChI=1S/C11H11ClO2/c1-2-8(11(13)14)7-9-5-3-4-6-10(9)12/h3-7H,2H2,1H3,(H,13,14)/b8-7-. The first-order valence-electron chi connectivity index (χ1n) is 4.33. The molecule has 1 rings (SSSR count). The number of benzene rings is 1. The van der Waals surface area contributed by atoms with E-state index in [1.54, 1.807) is 25.1 Å². The van der Waals surface area contributed by atoms with Gasteiger partial charge in [-0.2, -0.15) is 0 Å². The predicted molar refractivity (Wildman–Crippen MR) is 57.4 cm³/mol. The third-order valence-electron chi connectivity index (χ3n) is 1.89. The van der Waals surface area contributed by atoms with E-state index in [-0.39, 0.29) is 0 Å². The van der Waals surface area contributed by atoms with Crippen LogP contribution in [0.1, 0.15) is 18.9 Å². The number of carboxylic acids is 1. The summed E-state index contributed by atoms with van der Waals surface area (Å²) < 4.78 is 0. The monoisotopic (exact) mass is 210 g/mol. The van der Waals surface area contributed by atoms with Crippen molar-refractivity contribution < 1.29 is 9.90 Å². The van der Waals surface area contributed by atoms with Gasteiger partial charge in [0.25, 0.3) is 0 Å². The molecule has 1 aromatic rings. The van der Waals surface area contributed by atoms with Gasteiger partial charge in [0.05, 0.1) is 0 Å². The zero-order valence-electron chi connectivity index (χ0n) is 7.83. The van der Waals surface area contributed by atoms with Gasteiger partial charge in [-0.15, -0.1) is 0 Å². The molecule has 0 radical (unpaired) electrons. The van der Waals surface area contributed by atoms with Crippen molar-refractivity contribution in [2.45, 2.75) is 13.3 Å². The number of halogens is 1. The van der Waals surface area contributed by atoms with Gasteiger partial charge in [0.15, 0.2) is 0 Å². The topological polar surface area (TPSA) is 37.3 Å². The van der Waals surface area contributed by atoms with Gasteiger partial charge in [-0.1, -0.05) is 36.7 Å². The number of rotatable bonds is 3. The molecular weight excluding hydrogens is 200 g/mol. The summed E-state index contributed by atoms with van der Waals surface area (Å²) in [5.74, 6) is -0.896. The molecule has 74 valence electrons. The lowest BCUT2D eigenvalue weighted by Gasteiger charge is -2.00. The molecule has 0 amide bonds. The molecule has 0 saturated carbocycles. The molecule has 0 aliphatic heterocycles. The van der Waals surface area contributed by atoms with Crippen molar-refractivity contribution in [2.75, 3.05) is 0 Å². The van der Waals surface area contributed by atoms with Crippen LogP contribution in [0.15, 0.2) is 29.8 Å². The summed E-state index contributed by atoms with van der Waals surface area (Å²) in [4.78, 5) is 10.7. The molecule has 2 nitrogen and oxygen atoms in total. The summed E-state index contributed by atoms with van der Waals surface area (Å²) in [7, 11) is 0. The molecule has 14 heavy (non-hydrogen) atoms. The van der Waals surface area contributed by atoms with Crippen LogP contribution < -0.4 is 0 Å². The van der Waals surface area contributed by atoms with Crippen molar-refractivity contribution in [1.29, 1.82) is 0 Å². The third kappa shape index (κ3) is 2.60. The van der Waals surface area contributed by atoms with Crippen molar-refractivity contribution in [3.8, 4) is 0 Å². The van der Waals surface area contributed by atoms with Gasteiger partial charge in [-0.05, 0) is 24.1 Å². The molecule has 0 atom stereocenters. The highest BCUT2D eigenvalue weighted by molar-refractivity contribution is 6.32. The van der Waals surface area contributed by atoms with Crippen LogP contribution in [0.5, 0.6) is 0 Å². The maximum Gasteiger partial charge on any atom is 0.331 e. The second-order valence-electron chi connectivity index (χ2n) is 2.85. The molecule has 3 heteroatoms. The average Bonchev–Trinajstić information content (AvgIpc) is 2.16. The summed E-state index contributed by atoms with van der Waals surface area (Å²) in [5.41, 5.74) is 1.10. The zero-order valence-corrected chi connectivity index (χ0v) is 8.58. The Balaban J connectivity index is 3.07. The SMILES string of the molecule is CC/C(=C/c1ccccc1Cl)C(=O)O. The highest BCUT2D eigenvalue weighted by Gasteiger charge is 2.05. The summed E-state index contributed by atoms with van der Waals surface area (Å²) in [6.45, 7) is 1.80.